The Labute approximate surface area is 121 Å². The smallest absolute Gasteiger partial charge is 0.270 e. The maximum atomic E-state index is 12.1. The van der Waals surface area contributed by atoms with Crippen molar-refractivity contribution in [3.8, 4) is 0 Å². The molecule has 108 valence electrons. The number of rotatable bonds is 3. The van der Waals surface area contributed by atoms with Crippen molar-refractivity contribution in [2.75, 3.05) is 33.2 Å². The van der Waals surface area contributed by atoms with E-state index in [1.807, 2.05) is 7.05 Å². The number of carbonyl (C=O) groups excluding carboxylic acids is 1. The summed E-state index contributed by atoms with van der Waals surface area (Å²) < 4.78 is 0. The molecule has 2 rings (SSSR count). The predicted molar refractivity (Wildman–Crippen MR) is 74.6 cm³/mol. The van der Waals surface area contributed by atoms with Gasteiger partial charge in [0.2, 0.25) is 0 Å². The van der Waals surface area contributed by atoms with Gasteiger partial charge in [0.25, 0.3) is 11.6 Å². The molecule has 1 fully saturated rings. The van der Waals surface area contributed by atoms with E-state index in [-0.39, 0.29) is 16.3 Å². The number of nitrogens with one attached hydrogen (secondary N) is 1. The minimum absolute atomic E-state index is 0.111. The lowest BCUT2D eigenvalue weighted by atomic mass is 10.2. The van der Waals surface area contributed by atoms with E-state index in [1.165, 1.54) is 18.2 Å². The van der Waals surface area contributed by atoms with Crippen LogP contribution in [0.25, 0.3) is 0 Å². The number of halogens is 1. The van der Waals surface area contributed by atoms with E-state index in [9.17, 15) is 14.9 Å². The fourth-order valence-corrected chi connectivity index (χ4v) is 2.13. The molecule has 0 saturated carbocycles. The molecular weight excluding hydrogens is 284 g/mol. The molecule has 20 heavy (non-hydrogen) atoms. The van der Waals surface area contributed by atoms with Gasteiger partial charge < -0.3 is 4.90 Å². The lowest BCUT2D eigenvalue weighted by molar-refractivity contribution is -0.384. The first-order valence-corrected chi connectivity index (χ1v) is 6.53. The topological polar surface area (TPSA) is 78.7 Å². The van der Waals surface area contributed by atoms with Crippen LogP contribution in [0.1, 0.15) is 10.4 Å². The summed E-state index contributed by atoms with van der Waals surface area (Å²) in [5.41, 5.74) is 2.68. The fourth-order valence-electron chi connectivity index (χ4n) is 1.92. The Bertz CT molecular complexity index is 529. The molecule has 1 aliphatic rings. The molecular formula is C12H15ClN4O3. The third-order valence-electron chi connectivity index (χ3n) is 3.17. The van der Waals surface area contributed by atoms with Gasteiger partial charge in [-0.2, -0.15) is 0 Å². The van der Waals surface area contributed by atoms with Crippen LogP contribution in [0.4, 0.5) is 5.69 Å². The number of hydrogen-bond acceptors (Lipinski definition) is 5. The van der Waals surface area contributed by atoms with Crippen molar-refractivity contribution in [1.29, 1.82) is 0 Å². The molecule has 0 aromatic heterocycles. The van der Waals surface area contributed by atoms with Gasteiger partial charge in [0.1, 0.15) is 0 Å². The third kappa shape index (κ3) is 3.44. The molecule has 0 unspecified atom stereocenters. The number of nitrogens with zero attached hydrogens (tertiary/aromatic N) is 3. The van der Waals surface area contributed by atoms with Crippen LogP contribution < -0.4 is 5.43 Å². The predicted octanol–water partition coefficient (Wildman–Crippen LogP) is 1.14. The zero-order valence-corrected chi connectivity index (χ0v) is 11.8. The fraction of sp³-hybridized carbons (Fsp3) is 0.417. The van der Waals surface area contributed by atoms with E-state index in [1.54, 1.807) is 5.01 Å². The second kappa shape index (κ2) is 6.17. The second-order valence-electron chi connectivity index (χ2n) is 4.65. The summed E-state index contributed by atoms with van der Waals surface area (Å²) in [7, 11) is 2.01. The number of non-ortho nitro benzene ring substituents is 1. The summed E-state index contributed by atoms with van der Waals surface area (Å²) in [6, 6.07) is 3.82. The average Bonchev–Trinajstić information content (AvgIpc) is 2.41. The van der Waals surface area contributed by atoms with Gasteiger partial charge in [-0.05, 0) is 13.1 Å². The van der Waals surface area contributed by atoms with Crippen molar-refractivity contribution >= 4 is 23.2 Å². The first-order valence-electron chi connectivity index (χ1n) is 6.16. The van der Waals surface area contributed by atoms with Crippen LogP contribution in [-0.4, -0.2) is 54.0 Å². The monoisotopic (exact) mass is 298 g/mol. The average molecular weight is 299 g/mol. The van der Waals surface area contributed by atoms with Crippen molar-refractivity contribution < 1.29 is 9.72 Å². The normalized spacial score (nSPS) is 16.9. The van der Waals surface area contributed by atoms with E-state index in [0.29, 0.717) is 13.1 Å². The highest BCUT2D eigenvalue weighted by atomic mass is 35.5. The van der Waals surface area contributed by atoms with Gasteiger partial charge >= 0.3 is 0 Å². The van der Waals surface area contributed by atoms with Crippen LogP contribution in [-0.2, 0) is 0 Å². The SMILES string of the molecule is CN1CCN(NC(=O)c2cc([N+](=O)[O-])ccc2Cl)CC1. The summed E-state index contributed by atoms with van der Waals surface area (Å²) >= 11 is 5.93. The maximum Gasteiger partial charge on any atom is 0.270 e. The van der Waals surface area contributed by atoms with E-state index < -0.39 is 10.8 Å². The number of nitro groups is 1. The molecule has 1 N–H and O–H groups in total. The molecule has 1 heterocycles. The Morgan fingerprint density at radius 2 is 2.00 bits per heavy atom. The maximum absolute atomic E-state index is 12.1. The summed E-state index contributed by atoms with van der Waals surface area (Å²) in [6.07, 6.45) is 0. The largest absolute Gasteiger partial charge is 0.304 e. The lowest BCUT2D eigenvalue weighted by Crippen LogP contribution is -2.52. The van der Waals surface area contributed by atoms with Gasteiger partial charge in [0.05, 0.1) is 15.5 Å². The molecule has 1 aliphatic heterocycles. The van der Waals surface area contributed by atoms with Crippen molar-refractivity contribution in [2.45, 2.75) is 0 Å². The molecule has 0 bridgehead atoms. The van der Waals surface area contributed by atoms with Crippen LogP contribution in [0.3, 0.4) is 0 Å². The zero-order valence-electron chi connectivity index (χ0n) is 11.0. The minimum atomic E-state index is -0.553. The number of piperazine rings is 1. The van der Waals surface area contributed by atoms with Crippen molar-refractivity contribution in [2.24, 2.45) is 0 Å². The second-order valence-corrected chi connectivity index (χ2v) is 5.06. The van der Waals surface area contributed by atoms with Gasteiger partial charge in [0, 0.05) is 38.3 Å². The minimum Gasteiger partial charge on any atom is -0.304 e. The van der Waals surface area contributed by atoms with Gasteiger partial charge in [-0.3, -0.25) is 20.3 Å². The summed E-state index contributed by atoms with van der Waals surface area (Å²) in [5.74, 6) is -0.428. The standard InChI is InChI=1S/C12H15ClN4O3/c1-15-4-6-16(7-5-15)14-12(18)10-8-9(17(19)20)2-3-11(10)13/h2-3,8H,4-7H2,1H3,(H,14,18). The van der Waals surface area contributed by atoms with Gasteiger partial charge in [0.15, 0.2) is 0 Å². The highest BCUT2D eigenvalue weighted by Crippen LogP contribution is 2.22. The number of likely N-dealkylation sites (N-methyl/N-ethyl adjacent to an activating group) is 1. The Balaban J connectivity index is 2.08. The lowest BCUT2D eigenvalue weighted by Gasteiger charge is -2.32. The number of benzene rings is 1. The molecule has 1 aromatic rings. The van der Waals surface area contributed by atoms with Gasteiger partial charge in [-0.15, -0.1) is 0 Å². The zero-order chi connectivity index (χ0) is 14.7. The van der Waals surface area contributed by atoms with E-state index in [4.69, 9.17) is 11.6 Å². The Morgan fingerprint density at radius 3 is 2.60 bits per heavy atom. The molecule has 1 amide bonds. The highest BCUT2D eigenvalue weighted by molar-refractivity contribution is 6.33. The molecule has 0 atom stereocenters. The van der Waals surface area contributed by atoms with Crippen LogP contribution in [0, 0.1) is 10.1 Å². The van der Waals surface area contributed by atoms with Crippen LogP contribution in [0.15, 0.2) is 18.2 Å². The third-order valence-corrected chi connectivity index (χ3v) is 3.50. The van der Waals surface area contributed by atoms with E-state index in [0.717, 1.165) is 13.1 Å². The first-order chi connectivity index (χ1) is 9.47. The Hall–Kier alpha value is -1.70. The molecule has 1 aromatic carbocycles. The highest BCUT2D eigenvalue weighted by Gasteiger charge is 2.20. The van der Waals surface area contributed by atoms with Gasteiger partial charge in [-0.25, -0.2) is 5.01 Å². The molecule has 0 radical (unpaired) electrons. The molecule has 1 saturated heterocycles. The molecule has 7 nitrogen and oxygen atoms in total. The number of amides is 1. The van der Waals surface area contributed by atoms with Crippen LogP contribution in [0.5, 0.6) is 0 Å². The molecule has 0 aliphatic carbocycles. The summed E-state index contributed by atoms with van der Waals surface area (Å²) in [4.78, 5) is 24.4. The first kappa shape index (κ1) is 14.7. The van der Waals surface area contributed by atoms with Gasteiger partial charge in [-0.1, -0.05) is 11.6 Å². The molecule has 8 heteroatoms. The van der Waals surface area contributed by atoms with Crippen molar-refractivity contribution in [3.63, 3.8) is 0 Å². The number of carbonyl (C=O) groups is 1. The van der Waals surface area contributed by atoms with E-state index >= 15 is 0 Å². The molecule has 0 spiro atoms. The number of hydrazine groups is 1. The quantitative estimate of drug-likeness (QED) is 0.669. The number of hydrogen-bond donors (Lipinski definition) is 1. The van der Waals surface area contributed by atoms with Crippen LogP contribution in [0.2, 0.25) is 5.02 Å². The Kier molecular flexibility index (Phi) is 4.53. The number of nitro benzene ring substituents is 1. The van der Waals surface area contributed by atoms with Crippen molar-refractivity contribution in [3.05, 3.63) is 38.9 Å². The summed E-state index contributed by atoms with van der Waals surface area (Å²) in [5, 5.41) is 12.7. The van der Waals surface area contributed by atoms with Crippen LogP contribution >= 0.6 is 11.6 Å². The van der Waals surface area contributed by atoms with Crippen molar-refractivity contribution in [1.82, 2.24) is 15.3 Å². The summed E-state index contributed by atoms with van der Waals surface area (Å²) in [6.45, 7) is 3.11. The van der Waals surface area contributed by atoms with E-state index in [2.05, 4.69) is 10.3 Å². The Morgan fingerprint density at radius 1 is 1.35 bits per heavy atom.